The number of pyridine rings is 1. The van der Waals surface area contributed by atoms with Crippen molar-refractivity contribution in [3.63, 3.8) is 0 Å². The number of nitrogens with zero attached hydrogens (tertiary/aromatic N) is 3. The van der Waals surface area contributed by atoms with Gasteiger partial charge in [-0.25, -0.2) is 4.98 Å². The number of imidazole rings is 1. The second-order valence-electron chi connectivity index (χ2n) is 6.38. The fraction of sp³-hybridized carbons (Fsp3) is 0.0435. The molecule has 3 aromatic carbocycles. The van der Waals surface area contributed by atoms with E-state index in [1.807, 2.05) is 42.9 Å². The average molecular weight is 351 g/mol. The van der Waals surface area contributed by atoms with E-state index in [9.17, 15) is 0 Å². The van der Waals surface area contributed by atoms with Crippen LogP contribution in [0.4, 0.5) is 0 Å². The maximum Gasteiger partial charge on any atom is 0.142 e. The van der Waals surface area contributed by atoms with E-state index in [4.69, 9.17) is 4.74 Å². The van der Waals surface area contributed by atoms with Crippen molar-refractivity contribution >= 4 is 21.9 Å². The Bertz CT molecular complexity index is 1260. The summed E-state index contributed by atoms with van der Waals surface area (Å²) < 4.78 is 7.64. The fourth-order valence-corrected chi connectivity index (χ4v) is 3.52. The normalized spacial score (nSPS) is 11.1. The number of aromatic nitrogens is 3. The molecule has 4 heteroatoms. The second-order valence-corrected chi connectivity index (χ2v) is 6.38. The van der Waals surface area contributed by atoms with Crippen LogP contribution in [0.1, 0.15) is 0 Å². The number of methoxy groups -OCH3 is 1. The molecule has 0 amide bonds. The van der Waals surface area contributed by atoms with Gasteiger partial charge in [-0.15, -0.1) is 0 Å². The highest BCUT2D eigenvalue weighted by molar-refractivity contribution is 6.04. The molecule has 0 atom stereocenters. The standard InChI is InChI=1S/C23H17N3O/c1-27-22-10-6-5-9-21(22)26-15-25-20-14-24-19-12-11-17(13-18(19)23(20)26)16-7-3-2-4-8-16/h2-15H,1H3. The van der Waals surface area contributed by atoms with Gasteiger partial charge < -0.3 is 4.74 Å². The van der Waals surface area contributed by atoms with Crippen LogP contribution in [0.2, 0.25) is 0 Å². The van der Waals surface area contributed by atoms with Crippen LogP contribution < -0.4 is 4.74 Å². The lowest BCUT2D eigenvalue weighted by Gasteiger charge is -2.11. The van der Waals surface area contributed by atoms with Crippen LogP contribution in [-0.2, 0) is 0 Å². The molecule has 0 saturated carbocycles. The molecule has 0 saturated heterocycles. The first-order chi connectivity index (χ1) is 13.3. The van der Waals surface area contributed by atoms with Gasteiger partial charge in [0, 0.05) is 5.39 Å². The third-order valence-corrected chi connectivity index (χ3v) is 4.83. The second kappa shape index (κ2) is 6.25. The van der Waals surface area contributed by atoms with Gasteiger partial charge in [0.05, 0.1) is 30.0 Å². The van der Waals surface area contributed by atoms with Crippen molar-refractivity contribution in [3.05, 3.63) is 85.3 Å². The minimum absolute atomic E-state index is 0.806. The maximum atomic E-state index is 5.56. The van der Waals surface area contributed by atoms with Crippen LogP contribution in [0, 0.1) is 0 Å². The maximum absolute atomic E-state index is 5.56. The van der Waals surface area contributed by atoms with Crippen molar-refractivity contribution < 1.29 is 4.74 Å². The zero-order chi connectivity index (χ0) is 18.2. The predicted molar refractivity (Wildman–Crippen MR) is 108 cm³/mol. The number of ether oxygens (including phenoxy) is 1. The number of hydrogen-bond donors (Lipinski definition) is 0. The molecule has 0 N–H and O–H groups in total. The molecule has 0 radical (unpaired) electrons. The van der Waals surface area contributed by atoms with Gasteiger partial charge in [0.15, 0.2) is 0 Å². The molecular weight excluding hydrogens is 334 g/mol. The van der Waals surface area contributed by atoms with Crippen LogP contribution in [0.15, 0.2) is 85.3 Å². The van der Waals surface area contributed by atoms with E-state index < -0.39 is 0 Å². The topological polar surface area (TPSA) is 39.9 Å². The number of para-hydroxylation sites is 2. The Hall–Kier alpha value is -3.66. The molecule has 0 aliphatic rings. The summed E-state index contributed by atoms with van der Waals surface area (Å²) in [7, 11) is 1.69. The molecule has 130 valence electrons. The Kier molecular flexibility index (Phi) is 3.61. The number of fused-ring (bicyclic) bond motifs is 3. The minimum Gasteiger partial charge on any atom is -0.495 e. The van der Waals surface area contributed by atoms with E-state index in [0.29, 0.717) is 0 Å². The summed E-state index contributed by atoms with van der Waals surface area (Å²) in [5, 5.41) is 1.07. The number of hydrogen-bond acceptors (Lipinski definition) is 3. The van der Waals surface area contributed by atoms with Crippen molar-refractivity contribution in [1.82, 2.24) is 14.5 Å². The minimum atomic E-state index is 0.806. The summed E-state index contributed by atoms with van der Waals surface area (Å²) >= 11 is 0. The van der Waals surface area contributed by atoms with Gasteiger partial charge in [0.1, 0.15) is 17.6 Å². The summed E-state index contributed by atoms with van der Waals surface area (Å²) in [6.45, 7) is 0. The predicted octanol–water partition coefficient (Wildman–Crippen LogP) is 5.25. The van der Waals surface area contributed by atoms with Crippen molar-refractivity contribution in [2.24, 2.45) is 0 Å². The highest BCUT2D eigenvalue weighted by atomic mass is 16.5. The van der Waals surface area contributed by atoms with Gasteiger partial charge in [-0.1, -0.05) is 48.5 Å². The monoisotopic (exact) mass is 351 g/mol. The molecule has 0 unspecified atom stereocenters. The van der Waals surface area contributed by atoms with Gasteiger partial charge in [0.2, 0.25) is 0 Å². The van der Waals surface area contributed by atoms with Crippen molar-refractivity contribution in [1.29, 1.82) is 0 Å². The summed E-state index contributed by atoms with van der Waals surface area (Å²) in [5.74, 6) is 0.806. The lowest BCUT2D eigenvalue weighted by Crippen LogP contribution is -1.97. The quantitative estimate of drug-likeness (QED) is 0.446. The number of benzene rings is 3. The molecule has 0 spiro atoms. The van der Waals surface area contributed by atoms with E-state index in [-0.39, 0.29) is 0 Å². The van der Waals surface area contributed by atoms with Crippen molar-refractivity contribution in [2.75, 3.05) is 7.11 Å². The SMILES string of the molecule is COc1ccccc1-n1cnc2cnc3ccc(-c4ccccc4)cc3c21. The van der Waals surface area contributed by atoms with Crippen molar-refractivity contribution in [3.8, 4) is 22.6 Å². The molecule has 4 nitrogen and oxygen atoms in total. The highest BCUT2D eigenvalue weighted by Crippen LogP contribution is 2.32. The van der Waals surface area contributed by atoms with Crippen LogP contribution in [-0.4, -0.2) is 21.6 Å². The summed E-state index contributed by atoms with van der Waals surface area (Å²) in [6.07, 6.45) is 3.66. The van der Waals surface area contributed by atoms with E-state index in [0.717, 1.165) is 38.9 Å². The van der Waals surface area contributed by atoms with Gasteiger partial charge in [0.25, 0.3) is 0 Å². The Morgan fingerprint density at radius 1 is 0.778 bits per heavy atom. The first kappa shape index (κ1) is 15.6. The van der Waals surface area contributed by atoms with Crippen LogP contribution >= 0.6 is 0 Å². The Labute approximate surface area is 156 Å². The van der Waals surface area contributed by atoms with Gasteiger partial charge in [-0.3, -0.25) is 9.55 Å². The molecule has 2 aromatic heterocycles. The summed E-state index contributed by atoms with van der Waals surface area (Å²) in [5.41, 5.74) is 6.13. The molecule has 0 aliphatic carbocycles. The zero-order valence-corrected chi connectivity index (χ0v) is 14.8. The van der Waals surface area contributed by atoms with Crippen molar-refractivity contribution in [2.45, 2.75) is 0 Å². The third-order valence-electron chi connectivity index (χ3n) is 4.83. The molecule has 5 aromatic rings. The Balaban J connectivity index is 1.82. The molecule has 0 aliphatic heterocycles. The first-order valence-electron chi connectivity index (χ1n) is 8.80. The van der Waals surface area contributed by atoms with Gasteiger partial charge in [-0.05, 0) is 35.4 Å². The zero-order valence-electron chi connectivity index (χ0n) is 14.8. The molecule has 0 fully saturated rings. The molecule has 27 heavy (non-hydrogen) atoms. The third kappa shape index (κ3) is 2.54. The molecule has 0 bridgehead atoms. The summed E-state index contributed by atoms with van der Waals surface area (Å²) in [6, 6.07) is 24.7. The highest BCUT2D eigenvalue weighted by Gasteiger charge is 2.13. The Morgan fingerprint density at radius 2 is 1.59 bits per heavy atom. The van der Waals surface area contributed by atoms with Crippen LogP contribution in [0.25, 0.3) is 38.8 Å². The lowest BCUT2D eigenvalue weighted by molar-refractivity contribution is 0.413. The lowest BCUT2D eigenvalue weighted by atomic mass is 10.0. The smallest absolute Gasteiger partial charge is 0.142 e. The summed E-state index contributed by atoms with van der Waals surface area (Å²) in [4.78, 5) is 9.15. The molecular formula is C23H17N3O. The fourth-order valence-electron chi connectivity index (χ4n) is 3.52. The van der Waals surface area contributed by atoms with Gasteiger partial charge >= 0.3 is 0 Å². The molecule has 2 heterocycles. The van der Waals surface area contributed by atoms with E-state index in [1.54, 1.807) is 7.11 Å². The first-order valence-corrected chi connectivity index (χ1v) is 8.80. The van der Waals surface area contributed by atoms with E-state index >= 15 is 0 Å². The largest absolute Gasteiger partial charge is 0.495 e. The van der Waals surface area contributed by atoms with Gasteiger partial charge in [-0.2, -0.15) is 0 Å². The molecule has 5 rings (SSSR count). The average Bonchev–Trinajstić information content (AvgIpc) is 3.18. The van der Waals surface area contributed by atoms with Crippen LogP contribution in [0.3, 0.4) is 0 Å². The van der Waals surface area contributed by atoms with E-state index in [1.165, 1.54) is 5.56 Å². The number of rotatable bonds is 3. The van der Waals surface area contributed by atoms with E-state index in [2.05, 4.69) is 57.0 Å². The van der Waals surface area contributed by atoms with Crippen LogP contribution in [0.5, 0.6) is 5.75 Å². The Morgan fingerprint density at radius 3 is 2.44 bits per heavy atom.